The highest BCUT2D eigenvalue weighted by atomic mass is 16.2. The first kappa shape index (κ1) is 12.6. The van der Waals surface area contributed by atoms with Crippen molar-refractivity contribution in [1.29, 1.82) is 0 Å². The van der Waals surface area contributed by atoms with Gasteiger partial charge in [0.15, 0.2) is 0 Å². The van der Waals surface area contributed by atoms with Gasteiger partial charge in [-0.1, -0.05) is 6.92 Å². The largest absolute Gasteiger partial charge is 0.348 e. The molecule has 0 aliphatic rings. The summed E-state index contributed by atoms with van der Waals surface area (Å²) >= 11 is 0. The summed E-state index contributed by atoms with van der Waals surface area (Å²) < 4.78 is 0. The Bertz CT molecular complexity index is 349. The summed E-state index contributed by atoms with van der Waals surface area (Å²) in [6.07, 6.45) is 4.03. The zero-order valence-electron chi connectivity index (χ0n) is 10.0. The van der Waals surface area contributed by atoms with Gasteiger partial charge in [-0.3, -0.25) is 9.78 Å². The minimum absolute atomic E-state index is 0.0510. The molecule has 1 heterocycles. The maximum absolute atomic E-state index is 11.8. The fourth-order valence-electron chi connectivity index (χ4n) is 1.26. The van der Waals surface area contributed by atoms with Crippen molar-refractivity contribution in [3.8, 4) is 0 Å². The first-order valence-corrected chi connectivity index (χ1v) is 5.47. The highest BCUT2D eigenvalue weighted by Crippen LogP contribution is 2.13. The van der Waals surface area contributed by atoms with E-state index in [4.69, 9.17) is 5.73 Å². The van der Waals surface area contributed by atoms with Gasteiger partial charge in [-0.15, -0.1) is 0 Å². The van der Waals surface area contributed by atoms with Gasteiger partial charge in [0.05, 0.1) is 11.6 Å². The molecule has 1 aromatic rings. The van der Waals surface area contributed by atoms with Crippen molar-refractivity contribution in [2.24, 2.45) is 5.73 Å². The van der Waals surface area contributed by atoms with Gasteiger partial charge in [-0.05, 0) is 38.0 Å². The molecule has 1 rings (SSSR count). The van der Waals surface area contributed by atoms with Crippen LogP contribution in [0.5, 0.6) is 0 Å². The molecule has 4 nitrogen and oxygen atoms in total. The fraction of sp³-hybridized carbons (Fsp3) is 0.500. The van der Waals surface area contributed by atoms with Gasteiger partial charge in [0.25, 0.3) is 0 Å². The number of nitrogens with zero attached hydrogens (tertiary/aromatic N) is 1. The Kier molecular flexibility index (Phi) is 4.01. The van der Waals surface area contributed by atoms with Gasteiger partial charge >= 0.3 is 0 Å². The number of carbonyl (C=O) groups excluding carboxylic acids is 1. The monoisotopic (exact) mass is 221 g/mol. The lowest BCUT2D eigenvalue weighted by molar-refractivity contribution is -0.126. The molecule has 0 spiro atoms. The van der Waals surface area contributed by atoms with Gasteiger partial charge in [-0.2, -0.15) is 0 Å². The third-order valence-electron chi connectivity index (χ3n) is 2.81. The number of pyridine rings is 1. The van der Waals surface area contributed by atoms with Gasteiger partial charge in [0.1, 0.15) is 0 Å². The molecule has 0 aromatic carbocycles. The van der Waals surface area contributed by atoms with E-state index >= 15 is 0 Å². The number of carbonyl (C=O) groups is 1. The summed E-state index contributed by atoms with van der Waals surface area (Å²) in [6, 6.07) is 3.71. The van der Waals surface area contributed by atoms with Crippen molar-refractivity contribution in [3.05, 3.63) is 30.1 Å². The van der Waals surface area contributed by atoms with Crippen LogP contribution >= 0.6 is 0 Å². The zero-order chi connectivity index (χ0) is 12.2. The summed E-state index contributed by atoms with van der Waals surface area (Å²) in [5.41, 5.74) is 6.08. The number of hydrogen-bond donors (Lipinski definition) is 2. The molecule has 0 fully saturated rings. The number of aromatic nitrogens is 1. The van der Waals surface area contributed by atoms with Crippen molar-refractivity contribution in [3.63, 3.8) is 0 Å². The van der Waals surface area contributed by atoms with E-state index in [1.54, 1.807) is 19.3 Å². The Morgan fingerprint density at radius 1 is 1.56 bits per heavy atom. The van der Waals surface area contributed by atoms with Gasteiger partial charge in [0, 0.05) is 12.4 Å². The predicted octanol–water partition coefficient (Wildman–Crippen LogP) is 1.39. The molecule has 0 radical (unpaired) electrons. The predicted molar refractivity (Wildman–Crippen MR) is 63.7 cm³/mol. The smallest absolute Gasteiger partial charge is 0.240 e. The van der Waals surface area contributed by atoms with E-state index in [1.165, 1.54) is 0 Å². The Hall–Kier alpha value is -1.42. The van der Waals surface area contributed by atoms with Crippen LogP contribution in [0.15, 0.2) is 24.5 Å². The van der Waals surface area contributed by atoms with Crippen molar-refractivity contribution >= 4 is 5.91 Å². The lowest BCUT2D eigenvalue weighted by Crippen LogP contribution is -2.51. The van der Waals surface area contributed by atoms with Gasteiger partial charge in [0.2, 0.25) is 5.91 Å². The van der Waals surface area contributed by atoms with E-state index in [0.29, 0.717) is 6.42 Å². The number of amides is 1. The molecule has 0 bridgehead atoms. The van der Waals surface area contributed by atoms with Crippen molar-refractivity contribution in [1.82, 2.24) is 10.3 Å². The summed E-state index contributed by atoms with van der Waals surface area (Å²) in [6.45, 7) is 5.57. The fourth-order valence-corrected chi connectivity index (χ4v) is 1.26. The quantitative estimate of drug-likeness (QED) is 0.807. The van der Waals surface area contributed by atoms with Crippen LogP contribution in [0.1, 0.15) is 38.8 Å². The van der Waals surface area contributed by atoms with Crippen molar-refractivity contribution in [2.45, 2.75) is 38.8 Å². The third kappa shape index (κ3) is 3.03. The van der Waals surface area contributed by atoms with E-state index in [9.17, 15) is 4.79 Å². The first-order chi connectivity index (χ1) is 7.47. The second kappa shape index (κ2) is 5.07. The number of hydrogen-bond acceptors (Lipinski definition) is 3. The standard InChI is InChI=1S/C12H19N3O/c1-4-12(3,13)11(16)15-9(2)10-5-7-14-8-6-10/h5-9H,4,13H2,1-3H3,(H,15,16)/t9-,12?/m1/s1. The van der Waals surface area contributed by atoms with Gasteiger partial charge in [-0.25, -0.2) is 0 Å². The molecule has 1 amide bonds. The topological polar surface area (TPSA) is 68.0 Å². The first-order valence-electron chi connectivity index (χ1n) is 5.47. The van der Waals surface area contributed by atoms with Crippen molar-refractivity contribution < 1.29 is 4.79 Å². The molecule has 2 atom stereocenters. The highest BCUT2D eigenvalue weighted by molar-refractivity contribution is 5.85. The number of rotatable bonds is 4. The van der Waals surface area contributed by atoms with E-state index in [2.05, 4.69) is 10.3 Å². The van der Waals surface area contributed by atoms with E-state index in [1.807, 2.05) is 26.0 Å². The van der Waals surface area contributed by atoms with E-state index < -0.39 is 5.54 Å². The van der Waals surface area contributed by atoms with Crippen LogP contribution in [0, 0.1) is 0 Å². The zero-order valence-corrected chi connectivity index (χ0v) is 10.0. The summed E-state index contributed by atoms with van der Waals surface area (Å²) in [5, 5.41) is 2.90. The van der Waals surface area contributed by atoms with Crippen LogP contribution in [0.3, 0.4) is 0 Å². The van der Waals surface area contributed by atoms with Crippen LogP contribution in [0.25, 0.3) is 0 Å². The second-order valence-electron chi connectivity index (χ2n) is 4.25. The van der Waals surface area contributed by atoms with Crippen LogP contribution in [-0.2, 0) is 4.79 Å². The maximum Gasteiger partial charge on any atom is 0.240 e. The minimum atomic E-state index is -0.804. The molecule has 1 unspecified atom stereocenters. The number of nitrogens with one attached hydrogen (secondary N) is 1. The molecule has 0 aliphatic heterocycles. The lowest BCUT2D eigenvalue weighted by Gasteiger charge is -2.24. The molecular formula is C12H19N3O. The highest BCUT2D eigenvalue weighted by Gasteiger charge is 2.27. The van der Waals surface area contributed by atoms with Gasteiger partial charge < -0.3 is 11.1 Å². The van der Waals surface area contributed by atoms with E-state index in [0.717, 1.165) is 5.56 Å². The Morgan fingerprint density at radius 2 is 2.12 bits per heavy atom. The van der Waals surface area contributed by atoms with Crippen LogP contribution in [0.2, 0.25) is 0 Å². The third-order valence-corrected chi connectivity index (χ3v) is 2.81. The van der Waals surface area contributed by atoms with Crippen LogP contribution in [0.4, 0.5) is 0 Å². The molecule has 16 heavy (non-hydrogen) atoms. The van der Waals surface area contributed by atoms with Crippen LogP contribution < -0.4 is 11.1 Å². The molecule has 3 N–H and O–H groups in total. The maximum atomic E-state index is 11.8. The lowest BCUT2D eigenvalue weighted by atomic mass is 9.98. The molecule has 88 valence electrons. The van der Waals surface area contributed by atoms with Crippen molar-refractivity contribution in [2.75, 3.05) is 0 Å². The minimum Gasteiger partial charge on any atom is -0.348 e. The summed E-state index contributed by atoms with van der Waals surface area (Å²) in [4.78, 5) is 15.8. The normalized spacial score (nSPS) is 16.2. The average molecular weight is 221 g/mol. The molecular weight excluding hydrogens is 202 g/mol. The molecule has 4 heteroatoms. The molecule has 0 aliphatic carbocycles. The Balaban J connectivity index is 2.66. The second-order valence-corrected chi connectivity index (χ2v) is 4.25. The SMILES string of the molecule is CCC(C)(N)C(=O)N[C@H](C)c1ccncc1. The Labute approximate surface area is 96.3 Å². The molecule has 0 saturated heterocycles. The number of nitrogens with two attached hydrogens (primary N) is 1. The molecule has 1 aromatic heterocycles. The molecule has 0 saturated carbocycles. The Morgan fingerprint density at radius 3 is 2.62 bits per heavy atom. The van der Waals surface area contributed by atoms with Crippen LogP contribution in [-0.4, -0.2) is 16.4 Å². The summed E-state index contributed by atoms with van der Waals surface area (Å²) in [5.74, 6) is -0.126. The van der Waals surface area contributed by atoms with E-state index in [-0.39, 0.29) is 11.9 Å². The summed E-state index contributed by atoms with van der Waals surface area (Å²) in [7, 11) is 0. The average Bonchev–Trinajstić information content (AvgIpc) is 2.30.